The second-order valence-corrected chi connectivity index (χ2v) is 21.1. The lowest BCUT2D eigenvalue weighted by molar-refractivity contribution is 0.0344. The molecule has 6 rings (SSSR count). The van der Waals surface area contributed by atoms with Gasteiger partial charge in [-0.2, -0.15) is 0 Å². The molecule has 4 aromatic rings. The summed E-state index contributed by atoms with van der Waals surface area (Å²) in [5.41, 5.74) is 4.05. The van der Waals surface area contributed by atoms with Crippen LogP contribution in [0.1, 0.15) is 180 Å². The summed E-state index contributed by atoms with van der Waals surface area (Å²) in [6.45, 7) is 24.8. The molecule has 0 radical (unpaired) electrons. The second-order valence-electron chi connectivity index (χ2n) is 18.0. The summed E-state index contributed by atoms with van der Waals surface area (Å²) in [6, 6.07) is 10.7. The molecule has 0 fully saturated rings. The zero-order chi connectivity index (χ0) is 37.0. The number of hydrogen-bond donors (Lipinski definition) is 0. The Morgan fingerprint density at radius 3 is 1.98 bits per heavy atom. The van der Waals surface area contributed by atoms with Crippen LogP contribution in [0, 0.1) is 11.8 Å². The Morgan fingerprint density at radius 2 is 1.37 bits per heavy atom. The molecule has 51 heavy (non-hydrogen) atoms. The van der Waals surface area contributed by atoms with E-state index in [0.717, 1.165) is 64.5 Å². The van der Waals surface area contributed by atoms with Crippen LogP contribution in [-0.2, 0) is 22.9 Å². The first-order valence-corrected chi connectivity index (χ1v) is 21.8. The largest absolute Gasteiger partial charge is 0.481 e. The fourth-order valence-corrected chi connectivity index (χ4v) is 11.5. The van der Waals surface area contributed by atoms with Crippen LogP contribution in [0.5, 0.6) is 5.75 Å². The molecule has 274 valence electrons. The van der Waals surface area contributed by atoms with Gasteiger partial charge in [-0.3, -0.25) is 9.59 Å². The molecule has 0 spiro atoms. The van der Waals surface area contributed by atoms with Crippen LogP contribution in [0.2, 0.25) is 0 Å². The van der Waals surface area contributed by atoms with E-state index >= 15 is 0 Å². The molecule has 0 bridgehead atoms. The molecule has 1 aromatic carbocycles. The van der Waals surface area contributed by atoms with Crippen molar-refractivity contribution >= 4 is 45.6 Å². The van der Waals surface area contributed by atoms with Crippen LogP contribution in [0.3, 0.4) is 0 Å². The molecule has 4 heterocycles. The molecular formula is C45H58O3S3. The minimum Gasteiger partial charge on any atom is -0.481 e. The Morgan fingerprint density at radius 1 is 0.706 bits per heavy atom. The molecule has 2 aliphatic rings. The maximum Gasteiger partial charge on any atom is 0.196 e. The van der Waals surface area contributed by atoms with E-state index in [1.54, 1.807) is 22.7 Å². The van der Waals surface area contributed by atoms with E-state index in [2.05, 4.69) is 94.4 Å². The maximum absolute atomic E-state index is 14.7. The van der Waals surface area contributed by atoms with Crippen LogP contribution in [0.15, 0.2) is 30.3 Å². The first-order chi connectivity index (χ1) is 23.9. The fourth-order valence-electron chi connectivity index (χ4n) is 7.52. The van der Waals surface area contributed by atoms with Crippen molar-refractivity contribution in [3.63, 3.8) is 0 Å². The predicted octanol–water partition coefficient (Wildman–Crippen LogP) is 14.2. The van der Waals surface area contributed by atoms with Gasteiger partial charge in [0.05, 0.1) is 20.2 Å². The highest BCUT2D eigenvalue weighted by atomic mass is 32.1. The zero-order valence-electron chi connectivity index (χ0n) is 32.9. The highest BCUT2D eigenvalue weighted by Crippen LogP contribution is 2.59. The molecule has 3 aromatic heterocycles. The van der Waals surface area contributed by atoms with Crippen molar-refractivity contribution in [3.8, 4) is 25.3 Å². The van der Waals surface area contributed by atoms with E-state index in [1.165, 1.54) is 39.5 Å². The number of carbonyl (C=O) groups excluding carboxylic acids is 2. The standard InChI is InChI=1S/C45H58O3S3/c1-12-13-14-15-16-28-17-18-29-30(23-28)38(47)36-35(37(29)46)41(51-42(36)44(9,10)11)33-24-31-39(49-33)40-32(25-34(50-40)43(6,7)8)48-45(31,21-19-26(2)3)22-20-27(4)5/h17-18,23-27H,12-16,19-22H2,1-11H3. The van der Waals surface area contributed by atoms with Crippen molar-refractivity contribution in [1.29, 1.82) is 0 Å². The quantitative estimate of drug-likeness (QED) is 0.120. The normalized spacial score (nSPS) is 15.2. The van der Waals surface area contributed by atoms with E-state index < -0.39 is 5.60 Å². The zero-order valence-corrected chi connectivity index (χ0v) is 35.3. The molecular weight excluding hydrogens is 685 g/mol. The molecule has 0 N–H and O–H groups in total. The summed E-state index contributed by atoms with van der Waals surface area (Å²) in [6.07, 6.45) is 9.66. The summed E-state index contributed by atoms with van der Waals surface area (Å²) >= 11 is 5.31. The van der Waals surface area contributed by atoms with Crippen molar-refractivity contribution in [2.24, 2.45) is 11.8 Å². The Balaban J connectivity index is 1.53. The Kier molecular flexibility index (Phi) is 10.8. The van der Waals surface area contributed by atoms with E-state index in [4.69, 9.17) is 4.74 Å². The molecule has 1 aliphatic heterocycles. The smallest absolute Gasteiger partial charge is 0.196 e. The second kappa shape index (κ2) is 14.4. The lowest BCUT2D eigenvalue weighted by Crippen LogP contribution is -2.36. The van der Waals surface area contributed by atoms with Crippen LogP contribution in [0.25, 0.3) is 19.5 Å². The number of hydrogen-bond acceptors (Lipinski definition) is 6. The number of fused-ring (bicyclic) bond motifs is 5. The third-order valence-electron chi connectivity index (χ3n) is 10.6. The minimum atomic E-state index is -0.439. The van der Waals surface area contributed by atoms with Gasteiger partial charge in [-0.05, 0) is 85.0 Å². The fraction of sp³-hybridized carbons (Fsp3) is 0.556. The van der Waals surface area contributed by atoms with E-state index in [9.17, 15) is 9.59 Å². The van der Waals surface area contributed by atoms with Crippen LogP contribution in [-0.4, -0.2) is 11.6 Å². The molecule has 6 heteroatoms. The minimum absolute atomic E-state index is 0.00524. The predicted molar refractivity (Wildman–Crippen MR) is 220 cm³/mol. The van der Waals surface area contributed by atoms with E-state index in [1.807, 2.05) is 23.5 Å². The topological polar surface area (TPSA) is 43.4 Å². The van der Waals surface area contributed by atoms with Gasteiger partial charge >= 0.3 is 0 Å². The van der Waals surface area contributed by atoms with E-state index in [-0.39, 0.29) is 22.4 Å². The molecule has 0 saturated heterocycles. The number of thiophene rings is 3. The number of carbonyl (C=O) groups is 2. The average Bonchev–Trinajstić information content (AvgIpc) is 3.79. The number of unbranched alkanes of at least 4 members (excludes halogenated alkanes) is 3. The van der Waals surface area contributed by atoms with Gasteiger partial charge < -0.3 is 4.74 Å². The molecule has 0 saturated carbocycles. The van der Waals surface area contributed by atoms with Gasteiger partial charge in [-0.25, -0.2) is 0 Å². The number of benzene rings is 1. The third kappa shape index (κ3) is 7.36. The molecule has 0 unspecified atom stereocenters. The Bertz CT molecular complexity index is 1920. The third-order valence-corrected chi connectivity index (χ3v) is 15.2. The van der Waals surface area contributed by atoms with Crippen molar-refractivity contribution in [3.05, 3.63) is 73.5 Å². The number of ether oxygens (including phenoxy) is 1. The number of ketones is 2. The van der Waals surface area contributed by atoms with Gasteiger partial charge in [0, 0.05) is 36.9 Å². The van der Waals surface area contributed by atoms with E-state index in [0.29, 0.717) is 34.1 Å². The Labute approximate surface area is 319 Å². The summed E-state index contributed by atoms with van der Waals surface area (Å²) in [5, 5.41) is 0. The Hall–Kier alpha value is -2.54. The van der Waals surface area contributed by atoms with Gasteiger partial charge in [-0.1, -0.05) is 108 Å². The summed E-state index contributed by atoms with van der Waals surface area (Å²) in [4.78, 5) is 36.1. The molecule has 0 amide bonds. The average molecular weight is 743 g/mol. The van der Waals surface area contributed by atoms with Gasteiger partial charge in [0.1, 0.15) is 11.4 Å². The van der Waals surface area contributed by atoms with Crippen molar-refractivity contribution in [2.75, 3.05) is 0 Å². The molecule has 3 nitrogen and oxygen atoms in total. The lowest BCUT2D eigenvalue weighted by Gasteiger charge is -2.39. The number of aryl methyl sites for hydroxylation is 1. The summed E-state index contributed by atoms with van der Waals surface area (Å²) in [5.74, 6) is 2.11. The van der Waals surface area contributed by atoms with Gasteiger partial charge in [0.25, 0.3) is 0 Å². The van der Waals surface area contributed by atoms with Gasteiger partial charge in [0.15, 0.2) is 11.6 Å². The summed E-state index contributed by atoms with van der Waals surface area (Å²) in [7, 11) is 0. The maximum atomic E-state index is 14.7. The number of rotatable bonds is 12. The van der Waals surface area contributed by atoms with Crippen molar-refractivity contribution in [2.45, 2.75) is 150 Å². The summed E-state index contributed by atoms with van der Waals surface area (Å²) < 4.78 is 7.28. The molecule has 1 aliphatic carbocycles. The van der Waals surface area contributed by atoms with Crippen LogP contribution < -0.4 is 4.74 Å². The van der Waals surface area contributed by atoms with Crippen molar-refractivity contribution < 1.29 is 14.3 Å². The molecule has 0 atom stereocenters. The van der Waals surface area contributed by atoms with Gasteiger partial charge in [-0.15, -0.1) is 34.0 Å². The first kappa shape index (κ1) is 38.2. The van der Waals surface area contributed by atoms with Crippen LogP contribution in [0.4, 0.5) is 0 Å². The lowest BCUT2D eigenvalue weighted by atomic mass is 9.78. The first-order valence-electron chi connectivity index (χ1n) is 19.3. The van der Waals surface area contributed by atoms with Crippen LogP contribution >= 0.6 is 34.0 Å². The SMILES string of the molecule is CCCCCCc1ccc2c(c1)C(=O)c1c(C(C)(C)C)sc(-c3cc4c(s3)-c3sc(C(C)(C)C)cc3OC4(CCC(C)C)CCC(C)C)c1C2=O. The highest BCUT2D eigenvalue weighted by molar-refractivity contribution is 7.27. The highest BCUT2D eigenvalue weighted by Gasteiger charge is 2.45. The monoisotopic (exact) mass is 742 g/mol. The van der Waals surface area contributed by atoms with Crippen molar-refractivity contribution in [1.82, 2.24) is 0 Å². The van der Waals surface area contributed by atoms with Gasteiger partial charge in [0.2, 0.25) is 0 Å².